The zero-order valence-electron chi connectivity index (χ0n) is 15.3. The molecule has 0 bridgehead atoms. The number of carbonyl (C=O) groups is 1. The number of hydrogen-bond donors (Lipinski definition) is 0. The normalized spacial score (nSPS) is 11.3. The quantitative estimate of drug-likeness (QED) is 0.679. The molecule has 0 heterocycles. The van der Waals surface area contributed by atoms with Crippen LogP contribution >= 0.6 is 0 Å². The Labute approximate surface area is 159 Å². The number of ether oxygens (including phenoxy) is 1. The first kappa shape index (κ1) is 18.2. The molecule has 0 aliphatic rings. The van der Waals surface area contributed by atoms with E-state index < -0.39 is 6.10 Å². The molecule has 0 fully saturated rings. The Kier molecular flexibility index (Phi) is 5.53. The number of nitrogens with zero attached hydrogens (tertiary/aromatic N) is 2. The molecule has 134 valence electrons. The molecular weight excluding hydrogens is 336 g/mol. The van der Waals surface area contributed by atoms with Crippen LogP contribution in [-0.2, 0) is 4.79 Å². The lowest BCUT2D eigenvalue weighted by Gasteiger charge is -2.22. The fraction of sp³-hybridized carbons (Fsp3) is 0.130. The van der Waals surface area contributed by atoms with Crippen molar-refractivity contribution in [2.45, 2.75) is 6.10 Å². The van der Waals surface area contributed by atoms with Gasteiger partial charge in [-0.2, -0.15) is 5.26 Å². The van der Waals surface area contributed by atoms with Gasteiger partial charge in [-0.05, 0) is 35.4 Å². The van der Waals surface area contributed by atoms with E-state index in [0.29, 0.717) is 11.3 Å². The molecule has 0 aromatic heterocycles. The van der Waals surface area contributed by atoms with Crippen molar-refractivity contribution in [3.8, 4) is 22.9 Å². The largest absolute Gasteiger partial charge is 0.476 e. The van der Waals surface area contributed by atoms with Gasteiger partial charge in [0.15, 0.2) is 0 Å². The first-order valence-corrected chi connectivity index (χ1v) is 8.62. The summed E-state index contributed by atoms with van der Waals surface area (Å²) in [6.07, 6.45) is -0.693. The van der Waals surface area contributed by atoms with Gasteiger partial charge in [-0.3, -0.25) is 4.79 Å². The molecule has 0 saturated heterocycles. The van der Waals surface area contributed by atoms with Gasteiger partial charge in [0, 0.05) is 19.7 Å². The Bertz CT molecular complexity index is 940. The predicted octanol–water partition coefficient (Wildman–Crippen LogP) is 4.43. The van der Waals surface area contributed by atoms with Gasteiger partial charge in [0.2, 0.25) is 6.10 Å². The van der Waals surface area contributed by atoms with Crippen molar-refractivity contribution in [2.75, 3.05) is 14.1 Å². The number of hydrogen-bond acceptors (Lipinski definition) is 3. The van der Waals surface area contributed by atoms with Crippen LogP contribution in [0.25, 0.3) is 11.1 Å². The third-order valence-corrected chi connectivity index (χ3v) is 4.22. The third-order valence-electron chi connectivity index (χ3n) is 4.22. The third kappa shape index (κ3) is 4.34. The van der Waals surface area contributed by atoms with Crippen molar-refractivity contribution in [3.05, 3.63) is 90.0 Å². The minimum atomic E-state index is -0.693. The molecule has 1 atom stereocenters. The summed E-state index contributed by atoms with van der Waals surface area (Å²) in [5.41, 5.74) is 3.48. The molecule has 1 amide bonds. The summed E-state index contributed by atoms with van der Waals surface area (Å²) in [5.74, 6) is 0.508. The molecular formula is C23H20N2O2. The van der Waals surface area contributed by atoms with E-state index in [0.717, 1.165) is 16.7 Å². The summed E-state index contributed by atoms with van der Waals surface area (Å²) in [7, 11) is 3.44. The van der Waals surface area contributed by atoms with Gasteiger partial charge in [-0.25, -0.2) is 0 Å². The lowest BCUT2D eigenvalue weighted by Crippen LogP contribution is -2.31. The van der Waals surface area contributed by atoms with Crippen LogP contribution in [0.1, 0.15) is 17.2 Å². The summed E-state index contributed by atoms with van der Waals surface area (Å²) in [4.78, 5) is 14.1. The summed E-state index contributed by atoms with van der Waals surface area (Å²) in [6.45, 7) is 0. The van der Waals surface area contributed by atoms with Gasteiger partial charge in [-0.1, -0.05) is 54.6 Å². The Morgan fingerprint density at radius 1 is 0.889 bits per heavy atom. The lowest BCUT2D eigenvalue weighted by atomic mass is 10.0. The van der Waals surface area contributed by atoms with E-state index in [1.54, 1.807) is 26.2 Å². The number of amides is 1. The van der Waals surface area contributed by atoms with Gasteiger partial charge in [0.25, 0.3) is 5.91 Å². The van der Waals surface area contributed by atoms with Gasteiger partial charge < -0.3 is 9.64 Å². The van der Waals surface area contributed by atoms with E-state index in [9.17, 15) is 4.79 Å². The molecule has 3 aromatic rings. The van der Waals surface area contributed by atoms with Crippen LogP contribution in [0.2, 0.25) is 0 Å². The summed E-state index contributed by atoms with van der Waals surface area (Å²) < 4.78 is 6.02. The van der Waals surface area contributed by atoms with Crippen molar-refractivity contribution in [1.82, 2.24) is 4.90 Å². The van der Waals surface area contributed by atoms with Gasteiger partial charge in [0.05, 0.1) is 11.6 Å². The molecule has 0 unspecified atom stereocenters. The minimum absolute atomic E-state index is 0.114. The fourth-order valence-corrected chi connectivity index (χ4v) is 2.72. The fourth-order valence-electron chi connectivity index (χ4n) is 2.72. The Morgan fingerprint density at radius 3 is 1.96 bits per heavy atom. The molecule has 3 aromatic carbocycles. The van der Waals surface area contributed by atoms with Crippen molar-refractivity contribution < 1.29 is 9.53 Å². The van der Waals surface area contributed by atoms with Crippen molar-refractivity contribution in [3.63, 3.8) is 0 Å². The molecule has 0 spiro atoms. The number of carbonyl (C=O) groups excluding carboxylic acids is 1. The Hall–Kier alpha value is -3.58. The van der Waals surface area contributed by atoms with Gasteiger partial charge in [0.1, 0.15) is 5.75 Å². The molecule has 0 saturated carbocycles. The average molecular weight is 356 g/mol. The van der Waals surface area contributed by atoms with Gasteiger partial charge in [-0.15, -0.1) is 0 Å². The molecule has 4 nitrogen and oxygen atoms in total. The maximum atomic E-state index is 12.6. The number of nitriles is 1. The topological polar surface area (TPSA) is 53.3 Å². The maximum absolute atomic E-state index is 12.6. The molecule has 4 heteroatoms. The van der Waals surface area contributed by atoms with E-state index in [1.807, 2.05) is 66.7 Å². The zero-order valence-corrected chi connectivity index (χ0v) is 15.3. The van der Waals surface area contributed by atoms with Crippen LogP contribution in [0.4, 0.5) is 0 Å². The standard InChI is InChI=1S/C23H20N2O2/c1-25(2)23(26)22(20-6-4-3-5-7-20)27-21-14-12-19(13-15-21)18-10-8-17(16-24)9-11-18/h3-15,22H,1-2H3/t22-/m1/s1. The number of likely N-dealkylation sites (N-methyl/N-ethyl adjacent to an activating group) is 1. The monoisotopic (exact) mass is 356 g/mol. The number of benzene rings is 3. The lowest BCUT2D eigenvalue weighted by molar-refractivity contribution is -0.136. The number of rotatable bonds is 5. The maximum Gasteiger partial charge on any atom is 0.267 e. The van der Waals surface area contributed by atoms with E-state index in [1.165, 1.54) is 4.90 Å². The second kappa shape index (κ2) is 8.20. The Balaban J connectivity index is 1.82. The van der Waals surface area contributed by atoms with E-state index in [2.05, 4.69) is 6.07 Å². The highest BCUT2D eigenvalue weighted by Crippen LogP contribution is 2.27. The molecule has 0 aliphatic heterocycles. The Morgan fingerprint density at radius 2 is 1.44 bits per heavy atom. The first-order chi connectivity index (χ1) is 13.1. The van der Waals surface area contributed by atoms with Crippen molar-refractivity contribution in [2.24, 2.45) is 0 Å². The smallest absolute Gasteiger partial charge is 0.267 e. The van der Waals surface area contributed by atoms with E-state index in [4.69, 9.17) is 10.00 Å². The molecule has 0 radical (unpaired) electrons. The second-order valence-corrected chi connectivity index (χ2v) is 6.35. The molecule has 0 aliphatic carbocycles. The highest BCUT2D eigenvalue weighted by Gasteiger charge is 2.24. The van der Waals surface area contributed by atoms with Crippen molar-refractivity contribution >= 4 is 5.91 Å². The van der Waals surface area contributed by atoms with Crippen LogP contribution in [-0.4, -0.2) is 24.9 Å². The van der Waals surface area contributed by atoms with Crippen LogP contribution in [0, 0.1) is 11.3 Å². The van der Waals surface area contributed by atoms with Gasteiger partial charge >= 0.3 is 0 Å². The van der Waals surface area contributed by atoms with Crippen LogP contribution in [0.3, 0.4) is 0 Å². The molecule has 27 heavy (non-hydrogen) atoms. The molecule has 0 N–H and O–H groups in total. The van der Waals surface area contributed by atoms with Crippen LogP contribution in [0.15, 0.2) is 78.9 Å². The highest BCUT2D eigenvalue weighted by molar-refractivity contribution is 5.82. The van der Waals surface area contributed by atoms with Crippen molar-refractivity contribution in [1.29, 1.82) is 5.26 Å². The highest BCUT2D eigenvalue weighted by atomic mass is 16.5. The van der Waals surface area contributed by atoms with E-state index in [-0.39, 0.29) is 5.91 Å². The average Bonchev–Trinajstić information content (AvgIpc) is 2.72. The van der Waals surface area contributed by atoms with Crippen LogP contribution in [0.5, 0.6) is 5.75 Å². The summed E-state index contributed by atoms with van der Waals surface area (Å²) >= 11 is 0. The second-order valence-electron chi connectivity index (χ2n) is 6.35. The SMILES string of the molecule is CN(C)C(=O)[C@H](Oc1ccc(-c2ccc(C#N)cc2)cc1)c1ccccc1. The minimum Gasteiger partial charge on any atom is -0.476 e. The predicted molar refractivity (Wildman–Crippen MR) is 105 cm³/mol. The zero-order chi connectivity index (χ0) is 19.2. The summed E-state index contributed by atoms with van der Waals surface area (Å²) in [6, 6.07) is 26.6. The van der Waals surface area contributed by atoms with E-state index >= 15 is 0 Å². The summed E-state index contributed by atoms with van der Waals surface area (Å²) in [5, 5.41) is 8.90. The first-order valence-electron chi connectivity index (χ1n) is 8.62. The van der Waals surface area contributed by atoms with Crippen LogP contribution < -0.4 is 4.74 Å². The molecule has 3 rings (SSSR count).